The molecule has 2 saturated carbocycles. The topological polar surface area (TPSA) is 17.1 Å². The molecule has 2 fully saturated rings. The summed E-state index contributed by atoms with van der Waals surface area (Å²) in [6.07, 6.45) is 18.0. The molecule has 0 aromatic heterocycles. The molecule has 0 amide bonds. The molecule has 4 aliphatic rings. The van der Waals surface area contributed by atoms with Crippen LogP contribution in [0.2, 0.25) is 0 Å². The van der Waals surface area contributed by atoms with Gasteiger partial charge < -0.3 is 4.79 Å². The van der Waals surface area contributed by atoms with Gasteiger partial charge >= 0.3 is 0 Å². The van der Waals surface area contributed by atoms with Gasteiger partial charge in [-0.15, -0.1) is 0 Å². The zero-order chi connectivity index (χ0) is 40.3. The Morgan fingerprint density at radius 2 is 1.36 bits per heavy atom. The van der Waals surface area contributed by atoms with E-state index >= 15 is 0 Å². The number of fused-ring (bicyclic) bond motifs is 2. The van der Waals surface area contributed by atoms with Gasteiger partial charge in [-0.25, -0.2) is 0 Å². The zero-order valence-electron chi connectivity index (χ0n) is 36.9. The number of Topliss-reactive ketones (excluding diaryl/α,β-unsaturated/α-hetero) is 1. The van der Waals surface area contributed by atoms with Crippen molar-refractivity contribution < 1.29 is 4.79 Å². The fourth-order valence-corrected chi connectivity index (χ4v) is 11.1. The molecule has 1 nitrogen and oxygen atoms in total. The van der Waals surface area contributed by atoms with Crippen molar-refractivity contribution in [1.29, 1.82) is 0 Å². The second kappa shape index (κ2) is 18.0. The Labute approximate surface area is 342 Å². The molecule has 7 atom stereocenters. The first-order valence-electron chi connectivity index (χ1n) is 22.8. The summed E-state index contributed by atoms with van der Waals surface area (Å²) in [6.45, 7) is 26.7. The van der Waals surface area contributed by atoms with Crippen LogP contribution in [0.15, 0.2) is 84.0 Å². The van der Waals surface area contributed by atoms with E-state index in [2.05, 4.69) is 121 Å². The second-order valence-electron chi connectivity index (χ2n) is 19.4. The maximum atomic E-state index is 12.2. The standard InChI is InChI=1S/C53H68O.C2H6/c1-10-11-13-34(4)42-27-38-16-18-40(29-43(38)31-42)49-24-25-50(52(49)37-20-22-46(23-21-37)53(7,8)9)41-19-17-39-28-45(32-44(39)30-41)48-15-12-14-47(48)36(6)51(33(2)3)26-35(5)54;1-2/h16-23,29-34,47-52H,6,10-15,24-28H2,1-5,7-9H3;1-2H3/t34-,47?,48?,49+,50+,51-,52?;/m0./s1. The molecular formula is C55H74O. The van der Waals surface area contributed by atoms with E-state index in [0.717, 1.165) is 12.8 Å². The van der Waals surface area contributed by atoms with E-state index in [9.17, 15) is 4.79 Å². The van der Waals surface area contributed by atoms with Crippen molar-refractivity contribution in [3.05, 3.63) is 128 Å². The third-order valence-electron chi connectivity index (χ3n) is 14.4. The van der Waals surface area contributed by atoms with E-state index in [0.29, 0.717) is 47.8 Å². The molecule has 0 saturated heterocycles. The molecule has 3 aromatic carbocycles. The number of rotatable bonds is 13. The van der Waals surface area contributed by atoms with Gasteiger partial charge in [0.25, 0.3) is 0 Å². The van der Waals surface area contributed by atoms with Crippen LogP contribution in [0.25, 0.3) is 12.2 Å². The van der Waals surface area contributed by atoms with Crippen LogP contribution in [0, 0.1) is 29.6 Å². The zero-order valence-corrected chi connectivity index (χ0v) is 36.9. The van der Waals surface area contributed by atoms with Crippen molar-refractivity contribution in [2.24, 2.45) is 29.6 Å². The van der Waals surface area contributed by atoms with Gasteiger partial charge in [-0.1, -0.05) is 178 Å². The number of allylic oxidation sites excluding steroid dienone is 3. The summed E-state index contributed by atoms with van der Waals surface area (Å²) in [5, 5.41) is 0. The van der Waals surface area contributed by atoms with Crippen molar-refractivity contribution in [3.8, 4) is 0 Å². The Balaban J connectivity index is 0.00000262. The van der Waals surface area contributed by atoms with Crippen LogP contribution in [0.1, 0.15) is 189 Å². The molecule has 0 radical (unpaired) electrons. The molecule has 4 aliphatic carbocycles. The highest BCUT2D eigenvalue weighted by atomic mass is 16.1. The van der Waals surface area contributed by atoms with Gasteiger partial charge in [-0.3, -0.25) is 0 Å². The summed E-state index contributed by atoms with van der Waals surface area (Å²) in [4.78, 5) is 12.2. The van der Waals surface area contributed by atoms with E-state index in [1.54, 1.807) is 18.1 Å². The molecule has 300 valence electrons. The maximum Gasteiger partial charge on any atom is 0.130 e. The van der Waals surface area contributed by atoms with Gasteiger partial charge in [0.2, 0.25) is 0 Å². The average Bonchev–Trinajstić information content (AvgIpc) is 4.00. The van der Waals surface area contributed by atoms with Crippen LogP contribution in [0.4, 0.5) is 0 Å². The first-order valence-corrected chi connectivity index (χ1v) is 22.8. The van der Waals surface area contributed by atoms with E-state index < -0.39 is 0 Å². The first kappa shape index (κ1) is 42.2. The van der Waals surface area contributed by atoms with Gasteiger partial charge in [0.1, 0.15) is 5.78 Å². The van der Waals surface area contributed by atoms with E-state index in [-0.39, 0.29) is 17.1 Å². The fraction of sp³-hybridized carbons (Fsp3) is 0.545. The van der Waals surface area contributed by atoms with Crippen molar-refractivity contribution >= 4 is 17.9 Å². The van der Waals surface area contributed by atoms with Gasteiger partial charge in [0.15, 0.2) is 0 Å². The van der Waals surface area contributed by atoms with Crippen molar-refractivity contribution in [3.63, 3.8) is 0 Å². The largest absolute Gasteiger partial charge is 0.300 e. The molecule has 0 N–H and O–H groups in total. The van der Waals surface area contributed by atoms with E-state index in [1.807, 2.05) is 13.8 Å². The molecule has 1 heteroatoms. The number of carbonyl (C=O) groups excluding carboxylic acids is 1. The summed E-state index contributed by atoms with van der Waals surface area (Å²) >= 11 is 0. The number of unbranched alkanes of at least 4 members (excludes halogenated alkanes) is 1. The number of carbonyl (C=O) groups is 1. The highest BCUT2D eigenvalue weighted by Crippen LogP contribution is 2.55. The van der Waals surface area contributed by atoms with Gasteiger partial charge in [-0.05, 0) is 149 Å². The molecule has 3 aromatic rings. The monoisotopic (exact) mass is 751 g/mol. The second-order valence-corrected chi connectivity index (χ2v) is 19.4. The van der Waals surface area contributed by atoms with Crippen molar-refractivity contribution in [1.82, 2.24) is 0 Å². The third kappa shape index (κ3) is 8.98. The van der Waals surface area contributed by atoms with Crippen LogP contribution in [-0.2, 0) is 23.1 Å². The number of hydrogen-bond acceptors (Lipinski definition) is 1. The molecule has 0 spiro atoms. The molecular weight excluding hydrogens is 677 g/mol. The SMILES string of the molecule is C=C(C1CCCC1C1=Cc2cc([C@H]3CC[C@H](c4ccc5c(c4)C=C([C@@H](C)CCCC)C5)C3c3ccc(C(C)(C)C)cc3)ccc2C1)[C@@H](CC(C)=O)C(C)C.CC. The Hall–Kier alpha value is -3.45. The summed E-state index contributed by atoms with van der Waals surface area (Å²) < 4.78 is 0. The smallest absolute Gasteiger partial charge is 0.130 e. The molecule has 7 rings (SSSR count). The summed E-state index contributed by atoms with van der Waals surface area (Å²) in [5.41, 5.74) is 16.6. The van der Waals surface area contributed by atoms with Crippen molar-refractivity contribution in [2.45, 2.75) is 163 Å². The minimum Gasteiger partial charge on any atom is -0.300 e. The van der Waals surface area contributed by atoms with Crippen LogP contribution >= 0.6 is 0 Å². The molecule has 3 unspecified atom stereocenters. The Bertz CT molecular complexity index is 1910. The van der Waals surface area contributed by atoms with Crippen LogP contribution in [0.3, 0.4) is 0 Å². The average molecular weight is 751 g/mol. The summed E-state index contributed by atoms with van der Waals surface area (Å²) in [7, 11) is 0. The Morgan fingerprint density at radius 3 is 1.93 bits per heavy atom. The molecule has 0 aliphatic heterocycles. The lowest BCUT2D eigenvalue weighted by Gasteiger charge is -2.31. The fourth-order valence-electron chi connectivity index (χ4n) is 11.1. The molecule has 56 heavy (non-hydrogen) atoms. The number of benzene rings is 3. The van der Waals surface area contributed by atoms with Crippen LogP contribution in [-0.4, -0.2) is 5.78 Å². The maximum absolute atomic E-state index is 12.2. The lowest BCUT2D eigenvalue weighted by atomic mass is 9.74. The molecule has 0 bridgehead atoms. The van der Waals surface area contributed by atoms with Gasteiger partial charge in [0, 0.05) is 6.42 Å². The van der Waals surface area contributed by atoms with Gasteiger partial charge in [-0.2, -0.15) is 0 Å². The number of hydrogen-bond donors (Lipinski definition) is 0. The Morgan fingerprint density at radius 1 is 0.768 bits per heavy atom. The van der Waals surface area contributed by atoms with E-state index in [1.165, 1.54) is 101 Å². The van der Waals surface area contributed by atoms with Crippen LogP contribution < -0.4 is 0 Å². The minimum absolute atomic E-state index is 0.142. The van der Waals surface area contributed by atoms with E-state index in [4.69, 9.17) is 6.58 Å². The highest BCUT2D eigenvalue weighted by molar-refractivity contribution is 5.76. The predicted molar refractivity (Wildman–Crippen MR) is 242 cm³/mol. The van der Waals surface area contributed by atoms with Crippen LogP contribution in [0.5, 0.6) is 0 Å². The normalized spacial score (nSPS) is 23.9. The summed E-state index contributed by atoms with van der Waals surface area (Å²) in [6, 6.07) is 24.8. The third-order valence-corrected chi connectivity index (χ3v) is 14.4. The minimum atomic E-state index is 0.142. The molecule has 0 heterocycles. The summed E-state index contributed by atoms with van der Waals surface area (Å²) in [5.74, 6) is 4.17. The lowest BCUT2D eigenvalue weighted by molar-refractivity contribution is -0.118. The Kier molecular flexibility index (Phi) is 13.6. The highest BCUT2D eigenvalue weighted by Gasteiger charge is 2.41. The first-order chi connectivity index (χ1) is 26.8. The lowest BCUT2D eigenvalue weighted by Crippen LogP contribution is -2.23. The number of ketones is 1. The van der Waals surface area contributed by atoms with Gasteiger partial charge in [0.05, 0.1) is 0 Å². The van der Waals surface area contributed by atoms with Crippen molar-refractivity contribution in [2.75, 3.05) is 0 Å². The predicted octanol–water partition coefficient (Wildman–Crippen LogP) is 15.4. The quantitative estimate of drug-likeness (QED) is 0.159.